The number of benzene rings is 3. The Labute approximate surface area is 232 Å². The third-order valence-electron chi connectivity index (χ3n) is 6.71. The van der Waals surface area contributed by atoms with Gasteiger partial charge in [0.05, 0.1) is 50.9 Å². The smallest absolute Gasteiger partial charge is 0.338 e. The summed E-state index contributed by atoms with van der Waals surface area (Å²) in [4.78, 5) is 20.3. The zero-order chi connectivity index (χ0) is 27.5. The van der Waals surface area contributed by atoms with E-state index in [0.717, 1.165) is 33.1 Å². The van der Waals surface area contributed by atoms with Gasteiger partial charge >= 0.3 is 5.97 Å². The van der Waals surface area contributed by atoms with Crippen molar-refractivity contribution in [3.8, 4) is 28.4 Å². The standard InChI is InChI=1S/C31H30N2O5S/c1-6-38-30(34)27-19(2)32-31-33(28(27)23-16-25(35-3)29(37-5)26(17-23)36-4)24(18-39-31)22-14-12-21(13-15-22)20-10-8-7-9-11-20/h7-18,28H,6H2,1-5H3/t28-/m0/s1. The molecule has 0 spiro atoms. The molecule has 39 heavy (non-hydrogen) atoms. The van der Waals surface area contributed by atoms with E-state index in [9.17, 15) is 4.79 Å². The van der Waals surface area contributed by atoms with E-state index in [1.807, 2.05) is 37.3 Å². The third kappa shape index (κ3) is 4.88. The summed E-state index contributed by atoms with van der Waals surface area (Å²) in [7, 11) is 4.72. The Morgan fingerprint density at radius 2 is 1.51 bits per heavy atom. The highest BCUT2D eigenvalue weighted by atomic mass is 32.2. The molecule has 0 fully saturated rings. The van der Waals surface area contributed by atoms with Gasteiger partial charge in [0.15, 0.2) is 16.7 Å². The van der Waals surface area contributed by atoms with Crippen molar-refractivity contribution in [3.63, 3.8) is 0 Å². The second-order valence-corrected chi connectivity index (χ2v) is 9.75. The van der Waals surface area contributed by atoms with Gasteiger partial charge in [0.2, 0.25) is 5.75 Å². The van der Waals surface area contributed by atoms with Crippen LogP contribution in [-0.2, 0) is 9.53 Å². The molecule has 5 rings (SSSR count). The van der Waals surface area contributed by atoms with Crippen molar-refractivity contribution in [3.05, 3.63) is 94.5 Å². The van der Waals surface area contributed by atoms with E-state index in [4.69, 9.17) is 23.9 Å². The van der Waals surface area contributed by atoms with Gasteiger partial charge in [0.1, 0.15) is 0 Å². The number of esters is 1. The molecule has 0 N–H and O–H groups in total. The maximum atomic E-state index is 13.4. The summed E-state index contributed by atoms with van der Waals surface area (Å²) >= 11 is 1.53. The van der Waals surface area contributed by atoms with Gasteiger partial charge in [0.25, 0.3) is 0 Å². The van der Waals surface area contributed by atoms with Crippen LogP contribution < -0.4 is 14.2 Å². The number of ether oxygens (including phenoxy) is 4. The number of hydrogen-bond donors (Lipinski definition) is 0. The largest absolute Gasteiger partial charge is 0.493 e. The highest BCUT2D eigenvalue weighted by molar-refractivity contribution is 8.16. The summed E-state index contributed by atoms with van der Waals surface area (Å²) in [5.74, 6) is 1.07. The van der Waals surface area contributed by atoms with Crippen molar-refractivity contribution in [2.24, 2.45) is 4.99 Å². The minimum absolute atomic E-state index is 0.257. The fourth-order valence-electron chi connectivity index (χ4n) is 4.90. The number of amidine groups is 1. The number of rotatable bonds is 8. The molecule has 200 valence electrons. The first-order chi connectivity index (χ1) is 19.0. The van der Waals surface area contributed by atoms with E-state index >= 15 is 0 Å². The minimum Gasteiger partial charge on any atom is -0.493 e. The zero-order valence-electron chi connectivity index (χ0n) is 22.6. The van der Waals surface area contributed by atoms with Crippen LogP contribution in [0.5, 0.6) is 17.2 Å². The number of allylic oxidation sites excluding steroid dienone is 1. The molecule has 2 heterocycles. The van der Waals surface area contributed by atoms with Crippen LogP contribution in [-0.4, -0.2) is 44.0 Å². The number of hydrogen-bond acceptors (Lipinski definition) is 8. The number of carbonyl (C=O) groups excluding carboxylic acids is 1. The van der Waals surface area contributed by atoms with Gasteiger partial charge in [-0.05, 0) is 48.2 Å². The molecular weight excluding hydrogens is 512 g/mol. The van der Waals surface area contributed by atoms with E-state index < -0.39 is 12.0 Å². The first kappa shape index (κ1) is 26.4. The maximum absolute atomic E-state index is 13.4. The molecule has 0 radical (unpaired) electrons. The number of carbonyl (C=O) groups is 1. The van der Waals surface area contributed by atoms with Gasteiger partial charge in [-0.3, -0.25) is 0 Å². The quantitative estimate of drug-likeness (QED) is 0.294. The normalized spacial score (nSPS) is 16.3. The summed E-state index contributed by atoms with van der Waals surface area (Å²) in [6.07, 6.45) is 0. The van der Waals surface area contributed by atoms with Crippen LogP contribution in [0, 0.1) is 0 Å². The summed E-state index contributed by atoms with van der Waals surface area (Å²) < 4.78 is 22.4. The number of methoxy groups -OCH3 is 3. The molecule has 2 aliphatic heterocycles. The maximum Gasteiger partial charge on any atom is 0.338 e. The van der Waals surface area contributed by atoms with Crippen molar-refractivity contribution in [1.82, 2.24) is 4.90 Å². The van der Waals surface area contributed by atoms with Gasteiger partial charge in [0, 0.05) is 5.41 Å². The van der Waals surface area contributed by atoms with Crippen LogP contribution in [0.3, 0.4) is 0 Å². The van der Waals surface area contributed by atoms with Crippen LogP contribution in [0.2, 0.25) is 0 Å². The Morgan fingerprint density at radius 3 is 2.10 bits per heavy atom. The van der Waals surface area contributed by atoms with Gasteiger partial charge in [-0.2, -0.15) is 0 Å². The van der Waals surface area contributed by atoms with Gasteiger partial charge in [-0.1, -0.05) is 66.4 Å². The molecule has 0 amide bonds. The van der Waals surface area contributed by atoms with Gasteiger partial charge in [-0.25, -0.2) is 9.79 Å². The predicted octanol–water partition coefficient (Wildman–Crippen LogP) is 6.67. The molecule has 0 saturated heterocycles. The average molecular weight is 543 g/mol. The molecule has 1 atom stereocenters. The summed E-state index contributed by atoms with van der Waals surface area (Å²) in [5, 5.41) is 2.85. The van der Waals surface area contributed by atoms with Crippen LogP contribution in [0.1, 0.15) is 31.0 Å². The number of nitrogens with zero attached hydrogens (tertiary/aromatic N) is 2. The lowest BCUT2D eigenvalue weighted by molar-refractivity contribution is -0.139. The highest BCUT2D eigenvalue weighted by Crippen LogP contribution is 2.50. The van der Waals surface area contributed by atoms with E-state index in [1.54, 1.807) is 28.3 Å². The van der Waals surface area contributed by atoms with Crippen molar-refractivity contribution < 1.29 is 23.7 Å². The van der Waals surface area contributed by atoms with Crippen molar-refractivity contribution in [2.45, 2.75) is 19.9 Å². The van der Waals surface area contributed by atoms with Crippen molar-refractivity contribution >= 4 is 28.6 Å². The first-order valence-corrected chi connectivity index (χ1v) is 13.5. The molecule has 0 aromatic heterocycles. The Bertz CT molecular complexity index is 1450. The van der Waals surface area contributed by atoms with Gasteiger partial charge in [-0.15, -0.1) is 0 Å². The summed E-state index contributed by atoms with van der Waals surface area (Å²) in [6, 6.07) is 21.9. The highest BCUT2D eigenvalue weighted by Gasteiger charge is 2.42. The lowest BCUT2D eigenvalue weighted by atomic mass is 9.92. The number of thioether (sulfide) groups is 1. The molecule has 0 saturated carbocycles. The second-order valence-electron chi connectivity index (χ2n) is 8.91. The average Bonchev–Trinajstić information content (AvgIpc) is 3.39. The zero-order valence-corrected chi connectivity index (χ0v) is 23.4. The molecule has 3 aromatic carbocycles. The third-order valence-corrected chi connectivity index (χ3v) is 7.55. The SMILES string of the molecule is CCOC(=O)C1=C(C)N=C2SC=C(c3ccc(-c4ccccc4)cc3)N2[C@H]1c1cc(OC)c(OC)c(OC)c1. The number of fused-ring (bicyclic) bond motifs is 1. The van der Waals surface area contributed by atoms with E-state index in [0.29, 0.717) is 28.5 Å². The molecule has 2 aliphatic rings. The Morgan fingerprint density at radius 1 is 0.897 bits per heavy atom. The Hall–Kier alpha value is -4.17. The lowest BCUT2D eigenvalue weighted by Gasteiger charge is -2.36. The van der Waals surface area contributed by atoms with E-state index in [2.05, 4.69) is 46.7 Å². The second kappa shape index (κ2) is 11.3. The van der Waals surface area contributed by atoms with Crippen molar-refractivity contribution in [1.29, 1.82) is 0 Å². The Balaban J connectivity index is 1.63. The summed E-state index contributed by atoms with van der Waals surface area (Å²) in [6.45, 7) is 3.90. The molecule has 0 bridgehead atoms. The van der Waals surface area contributed by atoms with Crippen LogP contribution >= 0.6 is 11.8 Å². The van der Waals surface area contributed by atoms with Crippen LogP contribution in [0.15, 0.2) is 88.4 Å². The van der Waals surface area contributed by atoms with Crippen LogP contribution in [0.25, 0.3) is 16.8 Å². The summed E-state index contributed by atoms with van der Waals surface area (Å²) in [5.41, 5.74) is 6.08. The molecule has 0 aliphatic carbocycles. The van der Waals surface area contributed by atoms with Crippen LogP contribution in [0.4, 0.5) is 0 Å². The molecule has 8 heteroatoms. The molecule has 3 aromatic rings. The Kier molecular flexibility index (Phi) is 7.65. The number of aliphatic imine (C=N–C) groups is 1. The van der Waals surface area contributed by atoms with E-state index in [-0.39, 0.29) is 6.61 Å². The lowest BCUT2D eigenvalue weighted by Crippen LogP contribution is -2.36. The van der Waals surface area contributed by atoms with E-state index in [1.165, 1.54) is 11.8 Å². The van der Waals surface area contributed by atoms with Crippen molar-refractivity contribution in [2.75, 3.05) is 27.9 Å². The fraction of sp³-hybridized carbons (Fsp3) is 0.226. The predicted molar refractivity (Wildman–Crippen MR) is 155 cm³/mol. The first-order valence-electron chi connectivity index (χ1n) is 12.6. The molecular formula is C31H30N2O5S. The molecule has 7 nitrogen and oxygen atoms in total. The fourth-order valence-corrected chi connectivity index (χ4v) is 5.87. The topological polar surface area (TPSA) is 69.6 Å². The monoisotopic (exact) mass is 542 g/mol. The van der Waals surface area contributed by atoms with Gasteiger partial charge < -0.3 is 23.8 Å². The molecule has 0 unspecified atom stereocenters. The minimum atomic E-state index is -0.527.